The summed E-state index contributed by atoms with van der Waals surface area (Å²) in [6.45, 7) is 5.58. The smallest absolute Gasteiger partial charge is 0.223 e. The van der Waals surface area contributed by atoms with E-state index in [1.807, 2.05) is 17.0 Å². The quantitative estimate of drug-likeness (QED) is 0.805. The third-order valence-corrected chi connectivity index (χ3v) is 4.28. The summed E-state index contributed by atoms with van der Waals surface area (Å²) >= 11 is 0. The Bertz CT molecular complexity index is 495. The lowest BCUT2D eigenvalue weighted by Gasteiger charge is -2.28. The van der Waals surface area contributed by atoms with Gasteiger partial charge in [0.2, 0.25) is 5.91 Å². The fraction of sp³-hybridized carbons (Fsp3) is 0.588. The second-order valence-corrected chi connectivity index (χ2v) is 5.80. The Hall–Kier alpha value is -1.46. The number of benzene rings is 1. The van der Waals surface area contributed by atoms with Gasteiger partial charge in [0.05, 0.1) is 6.61 Å². The number of amides is 1. The van der Waals surface area contributed by atoms with Crippen LogP contribution in [-0.2, 0) is 16.0 Å². The summed E-state index contributed by atoms with van der Waals surface area (Å²) in [4.78, 5) is 16.2. The van der Waals surface area contributed by atoms with Crippen LogP contribution in [0, 0.1) is 5.82 Å². The molecule has 4 nitrogen and oxygen atoms in total. The van der Waals surface area contributed by atoms with Gasteiger partial charge in [-0.2, -0.15) is 0 Å². The average molecular weight is 308 g/mol. The second kappa shape index (κ2) is 8.25. The molecule has 1 amide bonds. The van der Waals surface area contributed by atoms with Gasteiger partial charge in [0.25, 0.3) is 0 Å². The average Bonchev–Trinajstić information content (AvgIpc) is 2.69. The summed E-state index contributed by atoms with van der Waals surface area (Å²) in [5, 5.41) is 0. The van der Waals surface area contributed by atoms with Crippen molar-refractivity contribution in [1.29, 1.82) is 0 Å². The minimum Gasteiger partial charge on any atom is -0.383 e. The number of ether oxygens (including phenoxy) is 1. The van der Waals surface area contributed by atoms with Crippen LogP contribution in [-0.4, -0.2) is 61.6 Å². The minimum atomic E-state index is -0.151. The van der Waals surface area contributed by atoms with Crippen LogP contribution in [0.2, 0.25) is 0 Å². The number of nitrogens with zero attached hydrogens (tertiary/aromatic N) is 2. The van der Waals surface area contributed by atoms with Crippen LogP contribution in [0.15, 0.2) is 24.3 Å². The molecule has 0 radical (unpaired) electrons. The molecular weight excluding hydrogens is 283 g/mol. The molecule has 1 saturated heterocycles. The lowest BCUT2D eigenvalue weighted by molar-refractivity contribution is -0.130. The number of hydrogen-bond donors (Lipinski definition) is 0. The predicted molar refractivity (Wildman–Crippen MR) is 84.2 cm³/mol. The molecule has 0 N–H and O–H groups in total. The molecule has 1 aliphatic rings. The highest BCUT2D eigenvalue weighted by molar-refractivity contribution is 5.76. The van der Waals surface area contributed by atoms with E-state index in [1.165, 1.54) is 6.07 Å². The first kappa shape index (κ1) is 16.9. The van der Waals surface area contributed by atoms with Gasteiger partial charge in [-0.1, -0.05) is 18.2 Å². The zero-order valence-electron chi connectivity index (χ0n) is 13.4. The van der Waals surface area contributed by atoms with Crippen molar-refractivity contribution in [3.63, 3.8) is 0 Å². The van der Waals surface area contributed by atoms with E-state index in [2.05, 4.69) is 11.8 Å². The molecule has 0 aliphatic carbocycles. The van der Waals surface area contributed by atoms with Gasteiger partial charge in [0, 0.05) is 45.8 Å². The summed E-state index contributed by atoms with van der Waals surface area (Å²) in [6.07, 6.45) is 1.18. The van der Waals surface area contributed by atoms with Crippen molar-refractivity contribution in [1.82, 2.24) is 9.80 Å². The second-order valence-electron chi connectivity index (χ2n) is 5.80. The van der Waals surface area contributed by atoms with Gasteiger partial charge >= 0.3 is 0 Å². The molecule has 1 aromatic rings. The summed E-state index contributed by atoms with van der Waals surface area (Å²) in [6, 6.07) is 7.12. The Morgan fingerprint density at radius 2 is 2.05 bits per heavy atom. The number of hydrogen-bond acceptors (Lipinski definition) is 3. The molecule has 1 fully saturated rings. The van der Waals surface area contributed by atoms with Crippen LogP contribution in [0.3, 0.4) is 0 Å². The third-order valence-electron chi connectivity index (χ3n) is 4.28. The highest BCUT2D eigenvalue weighted by atomic mass is 19.1. The zero-order chi connectivity index (χ0) is 15.9. The van der Waals surface area contributed by atoms with E-state index >= 15 is 0 Å². The molecule has 0 spiro atoms. The first-order valence-corrected chi connectivity index (χ1v) is 7.86. The number of rotatable bonds is 6. The van der Waals surface area contributed by atoms with Gasteiger partial charge in [-0.25, -0.2) is 4.39 Å². The van der Waals surface area contributed by atoms with Gasteiger partial charge in [-0.05, 0) is 25.0 Å². The molecule has 2 rings (SSSR count). The topological polar surface area (TPSA) is 32.8 Å². The monoisotopic (exact) mass is 308 g/mol. The third kappa shape index (κ3) is 4.52. The predicted octanol–water partition coefficient (Wildman–Crippen LogP) is 1.94. The van der Waals surface area contributed by atoms with Crippen molar-refractivity contribution in [2.45, 2.75) is 25.8 Å². The molecule has 1 unspecified atom stereocenters. The highest BCUT2D eigenvalue weighted by Crippen LogP contribution is 2.15. The summed E-state index contributed by atoms with van der Waals surface area (Å²) in [5.74, 6) is 0.0274. The molecule has 0 saturated carbocycles. The number of carbonyl (C=O) groups is 1. The molecular formula is C17H25FN2O2. The Morgan fingerprint density at radius 1 is 1.27 bits per heavy atom. The molecule has 22 heavy (non-hydrogen) atoms. The molecule has 1 heterocycles. The number of carbonyl (C=O) groups excluding carboxylic acids is 1. The Morgan fingerprint density at radius 3 is 2.77 bits per heavy atom. The molecule has 1 aliphatic heterocycles. The van der Waals surface area contributed by atoms with Crippen molar-refractivity contribution < 1.29 is 13.9 Å². The maximum Gasteiger partial charge on any atom is 0.223 e. The zero-order valence-corrected chi connectivity index (χ0v) is 13.4. The molecule has 0 aromatic heterocycles. The minimum absolute atomic E-state index is 0.151. The van der Waals surface area contributed by atoms with Gasteiger partial charge in [-0.15, -0.1) is 0 Å². The van der Waals surface area contributed by atoms with Crippen molar-refractivity contribution in [2.24, 2.45) is 0 Å². The lowest BCUT2D eigenvalue weighted by atomic mass is 10.1. The normalized spacial score (nSPS) is 18.3. The van der Waals surface area contributed by atoms with Crippen LogP contribution in [0.1, 0.15) is 18.9 Å². The van der Waals surface area contributed by atoms with Crippen molar-refractivity contribution in [2.75, 3.05) is 39.9 Å². The summed E-state index contributed by atoms with van der Waals surface area (Å²) < 4.78 is 18.8. The fourth-order valence-corrected chi connectivity index (χ4v) is 2.87. The van der Waals surface area contributed by atoms with E-state index in [1.54, 1.807) is 13.2 Å². The van der Waals surface area contributed by atoms with E-state index in [4.69, 9.17) is 4.74 Å². The van der Waals surface area contributed by atoms with E-state index in [-0.39, 0.29) is 17.8 Å². The van der Waals surface area contributed by atoms with Crippen molar-refractivity contribution in [3.05, 3.63) is 35.6 Å². The van der Waals surface area contributed by atoms with Gasteiger partial charge in [0.1, 0.15) is 5.82 Å². The molecule has 0 bridgehead atoms. The maximum absolute atomic E-state index is 13.8. The number of methoxy groups -OCH3 is 1. The molecule has 122 valence electrons. The Labute approximate surface area is 131 Å². The van der Waals surface area contributed by atoms with E-state index in [9.17, 15) is 9.18 Å². The summed E-state index contributed by atoms with van der Waals surface area (Å²) in [5.41, 5.74) is 0.738. The Kier molecular flexibility index (Phi) is 6.34. The summed E-state index contributed by atoms with van der Waals surface area (Å²) in [7, 11) is 1.64. The first-order chi connectivity index (χ1) is 10.6. The van der Waals surface area contributed by atoms with Gasteiger partial charge in [-0.3, -0.25) is 9.69 Å². The van der Waals surface area contributed by atoms with E-state index in [0.29, 0.717) is 32.5 Å². The SMILES string of the molecule is COCCN1CCN(C(C)Cc2ccccc2F)CCC1=O. The fourth-order valence-electron chi connectivity index (χ4n) is 2.87. The lowest BCUT2D eigenvalue weighted by Crippen LogP contribution is -2.39. The van der Waals surface area contributed by atoms with Gasteiger partial charge < -0.3 is 9.64 Å². The molecule has 1 atom stereocenters. The first-order valence-electron chi connectivity index (χ1n) is 7.86. The Balaban J connectivity index is 1.92. The van der Waals surface area contributed by atoms with Crippen molar-refractivity contribution in [3.8, 4) is 0 Å². The number of halogens is 1. The van der Waals surface area contributed by atoms with Crippen LogP contribution < -0.4 is 0 Å². The van der Waals surface area contributed by atoms with Crippen LogP contribution >= 0.6 is 0 Å². The maximum atomic E-state index is 13.8. The van der Waals surface area contributed by atoms with Crippen LogP contribution in [0.5, 0.6) is 0 Å². The van der Waals surface area contributed by atoms with Crippen LogP contribution in [0.25, 0.3) is 0 Å². The van der Waals surface area contributed by atoms with Gasteiger partial charge in [0.15, 0.2) is 0 Å². The van der Waals surface area contributed by atoms with E-state index in [0.717, 1.165) is 18.7 Å². The van der Waals surface area contributed by atoms with E-state index < -0.39 is 0 Å². The van der Waals surface area contributed by atoms with Crippen molar-refractivity contribution >= 4 is 5.91 Å². The molecule has 1 aromatic carbocycles. The largest absolute Gasteiger partial charge is 0.383 e. The molecule has 5 heteroatoms. The highest BCUT2D eigenvalue weighted by Gasteiger charge is 2.23. The van der Waals surface area contributed by atoms with Crippen LogP contribution in [0.4, 0.5) is 4.39 Å². The standard InChI is InChI=1S/C17H25FN2O2/c1-14(13-15-5-3-4-6-16(15)18)19-8-7-17(21)20(10-9-19)11-12-22-2/h3-6,14H,7-13H2,1-2H3.